The maximum Gasteiger partial charge on any atom is 0.277 e. The van der Waals surface area contributed by atoms with Crippen molar-refractivity contribution in [2.24, 2.45) is 5.73 Å². The van der Waals surface area contributed by atoms with Crippen molar-refractivity contribution in [3.8, 4) is 0 Å². The Kier molecular flexibility index (Phi) is 6.73. The molecule has 4 N–H and O–H groups in total. The summed E-state index contributed by atoms with van der Waals surface area (Å²) in [6.45, 7) is 8.46. The Bertz CT molecular complexity index is 1660. The van der Waals surface area contributed by atoms with Gasteiger partial charge in [0.05, 0.1) is 16.4 Å². The van der Waals surface area contributed by atoms with Crippen LogP contribution >= 0.6 is 11.3 Å². The molecule has 1 atom stereocenters. The molecule has 0 aliphatic rings. The molecule has 0 saturated heterocycles. The zero-order chi connectivity index (χ0) is 27.0. The predicted octanol–water partition coefficient (Wildman–Crippen LogP) is 5.73. The van der Waals surface area contributed by atoms with Crippen LogP contribution in [0.4, 0.5) is 5.69 Å². The van der Waals surface area contributed by atoms with Crippen LogP contribution in [0.15, 0.2) is 65.2 Å². The number of thiophene rings is 1. The molecule has 2 aromatic carbocycles. The average molecular weight is 528 g/mol. The molecular weight excluding hydrogens is 498 g/mol. The van der Waals surface area contributed by atoms with Crippen LogP contribution in [0.2, 0.25) is 0 Å². The Morgan fingerprint density at radius 3 is 2.55 bits per heavy atom. The van der Waals surface area contributed by atoms with Crippen LogP contribution in [-0.2, 0) is 5.41 Å². The predicted molar refractivity (Wildman–Crippen MR) is 151 cm³/mol. The number of aryl methyl sites for hydroxylation is 1. The SMILES string of the molecule is Cc1cc(C(=O)Nc2cccc([C@H](CN)NC(=O)c3cc4cc5cc(C(C)(C)C)ccc5nc4s3)c2)no1. The number of fused-ring (bicyclic) bond motifs is 2. The minimum Gasteiger partial charge on any atom is -0.361 e. The minimum absolute atomic E-state index is 0.0371. The van der Waals surface area contributed by atoms with E-state index in [9.17, 15) is 9.59 Å². The quantitative estimate of drug-likeness (QED) is 0.259. The van der Waals surface area contributed by atoms with Crippen LogP contribution in [0.5, 0.6) is 0 Å². The van der Waals surface area contributed by atoms with Gasteiger partial charge in [-0.25, -0.2) is 4.98 Å². The molecule has 5 aromatic rings. The number of nitrogens with zero attached hydrogens (tertiary/aromatic N) is 2. The highest BCUT2D eigenvalue weighted by molar-refractivity contribution is 7.20. The third-order valence-electron chi connectivity index (χ3n) is 6.34. The number of aromatic nitrogens is 2. The second kappa shape index (κ2) is 10.00. The topological polar surface area (TPSA) is 123 Å². The van der Waals surface area contributed by atoms with Crippen LogP contribution in [0.3, 0.4) is 0 Å². The molecule has 0 aliphatic heterocycles. The molecule has 3 aromatic heterocycles. The van der Waals surface area contributed by atoms with E-state index >= 15 is 0 Å². The summed E-state index contributed by atoms with van der Waals surface area (Å²) >= 11 is 1.35. The zero-order valence-electron chi connectivity index (χ0n) is 21.7. The summed E-state index contributed by atoms with van der Waals surface area (Å²) in [7, 11) is 0. The van der Waals surface area contributed by atoms with Gasteiger partial charge in [0.1, 0.15) is 10.6 Å². The van der Waals surface area contributed by atoms with Gasteiger partial charge in [-0.05, 0) is 59.9 Å². The summed E-state index contributed by atoms with van der Waals surface area (Å²) in [5.74, 6) is -0.0588. The second-order valence-electron chi connectivity index (χ2n) is 10.3. The summed E-state index contributed by atoms with van der Waals surface area (Å²) in [5.41, 5.74) is 9.74. The number of amides is 2. The highest BCUT2D eigenvalue weighted by Gasteiger charge is 2.19. The molecule has 0 radical (unpaired) electrons. The van der Waals surface area contributed by atoms with Crippen molar-refractivity contribution >= 4 is 50.0 Å². The lowest BCUT2D eigenvalue weighted by atomic mass is 9.86. The molecule has 9 heteroatoms. The number of hydrogen-bond donors (Lipinski definition) is 3. The van der Waals surface area contributed by atoms with Gasteiger partial charge < -0.3 is 20.9 Å². The van der Waals surface area contributed by atoms with E-state index in [0.29, 0.717) is 16.3 Å². The summed E-state index contributed by atoms with van der Waals surface area (Å²) in [6, 6.07) is 18.6. The first-order valence-corrected chi connectivity index (χ1v) is 13.1. The van der Waals surface area contributed by atoms with Gasteiger partial charge in [0.25, 0.3) is 11.8 Å². The third kappa shape index (κ3) is 5.29. The summed E-state index contributed by atoms with van der Waals surface area (Å²) in [4.78, 5) is 31.8. The Balaban J connectivity index is 1.35. The molecule has 38 heavy (non-hydrogen) atoms. The smallest absolute Gasteiger partial charge is 0.277 e. The average Bonchev–Trinajstić information content (AvgIpc) is 3.51. The molecule has 5 rings (SSSR count). The van der Waals surface area contributed by atoms with E-state index < -0.39 is 6.04 Å². The molecule has 0 aliphatic carbocycles. The van der Waals surface area contributed by atoms with E-state index in [1.54, 1.807) is 31.2 Å². The van der Waals surface area contributed by atoms with Crippen molar-refractivity contribution in [2.75, 3.05) is 11.9 Å². The number of anilines is 1. The number of carbonyl (C=O) groups is 2. The van der Waals surface area contributed by atoms with Gasteiger partial charge in [-0.3, -0.25) is 9.59 Å². The van der Waals surface area contributed by atoms with Gasteiger partial charge in [0.15, 0.2) is 5.69 Å². The van der Waals surface area contributed by atoms with Gasteiger partial charge in [-0.2, -0.15) is 0 Å². The van der Waals surface area contributed by atoms with Gasteiger partial charge in [-0.15, -0.1) is 11.3 Å². The first-order valence-electron chi connectivity index (χ1n) is 12.3. The third-order valence-corrected chi connectivity index (χ3v) is 7.38. The Morgan fingerprint density at radius 2 is 1.84 bits per heavy atom. The fourth-order valence-electron chi connectivity index (χ4n) is 4.22. The standard InChI is InChI=1S/C29H29N5O3S/c1-16-10-23(34-37-16)26(35)31-21-7-5-6-17(13-21)24(15-30)32-27(36)25-14-19-11-18-12-20(29(2,3)4)8-9-22(18)33-28(19)38-25/h5-14,24H,15,30H2,1-4H3,(H,31,35)(H,32,36)/t24-/m0/s1. The van der Waals surface area contributed by atoms with Crippen LogP contribution in [-0.4, -0.2) is 28.5 Å². The summed E-state index contributed by atoms with van der Waals surface area (Å²) in [5, 5.41) is 11.5. The van der Waals surface area contributed by atoms with Crippen molar-refractivity contribution in [3.63, 3.8) is 0 Å². The minimum atomic E-state index is -0.444. The monoisotopic (exact) mass is 527 g/mol. The number of pyridine rings is 1. The van der Waals surface area contributed by atoms with Gasteiger partial charge in [-0.1, -0.05) is 44.1 Å². The van der Waals surface area contributed by atoms with E-state index in [2.05, 4.69) is 54.8 Å². The van der Waals surface area contributed by atoms with Crippen molar-refractivity contribution in [2.45, 2.75) is 39.2 Å². The first kappa shape index (κ1) is 25.6. The largest absolute Gasteiger partial charge is 0.361 e. The van der Waals surface area contributed by atoms with Gasteiger partial charge in [0.2, 0.25) is 0 Å². The van der Waals surface area contributed by atoms with Gasteiger partial charge >= 0.3 is 0 Å². The van der Waals surface area contributed by atoms with E-state index in [1.165, 1.54) is 16.9 Å². The van der Waals surface area contributed by atoms with Crippen LogP contribution in [0.1, 0.15) is 63.9 Å². The number of nitrogens with two attached hydrogens (primary N) is 1. The maximum atomic E-state index is 13.2. The highest BCUT2D eigenvalue weighted by Crippen LogP contribution is 2.31. The molecule has 8 nitrogen and oxygen atoms in total. The molecule has 0 bridgehead atoms. The molecule has 3 heterocycles. The second-order valence-corrected chi connectivity index (χ2v) is 11.3. The maximum absolute atomic E-state index is 13.2. The summed E-state index contributed by atoms with van der Waals surface area (Å²) in [6.07, 6.45) is 0. The Morgan fingerprint density at radius 1 is 1.03 bits per heavy atom. The molecule has 0 unspecified atom stereocenters. The van der Waals surface area contributed by atoms with E-state index in [-0.39, 0.29) is 29.5 Å². The van der Waals surface area contributed by atoms with Gasteiger partial charge in [0, 0.05) is 29.1 Å². The van der Waals surface area contributed by atoms with Crippen molar-refractivity contribution < 1.29 is 14.1 Å². The van der Waals surface area contributed by atoms with Crippen LogP contribution in [0.25, 0.3) is 21.1 Å². The van der Waals surface area contributed by atoms with Crippen molar-refractivity contribution in [1.29, 1.82) is 0 Å². The van der Waals surface area contributed by atoms with E-state index in [0.717, 1.165) is 26.7 Å². The normalized spacial score (nSPS) is 12.6. The first-order chi connectivity index (χ1) is 18.1. The zero-order valence-corrected chi connectivity index (χ0v) is 22.5. The molecule has 0 spiro atoms. The summed E-state index contributed by atoms with van der Waals surface area (Å²) < 4.78 is 4.97. The van der Waals surface area contributed by atoms with E-state index in [4.69, 9.17) is 15.2 Å². The highest BCUT2D eigenvalue weighted by atomic mass is 32.1. The molecule has 2 amide bonds. The molecule has 194 valence electrons. The number of nitrogens with one attached hydrogen (secondary N) is 2. The van der Waals surface area contributed by atoms with E-state index in [1.807, 2.05) is 18.2 Å². The Labute approximate surface area is 224 Å². The fourth-order valence-corrected chi connectivity index (χ4v) is 5.15. The lowest BCUT2D eigenvalue weighted by Crippen LogP contribution is -2.33. The van der Waals surface area contributed by atoms with Crippen LogP contribution in [0, 0.1) is 6.92 Å². The molecule has 0 fully saturated rings. The van der Waals surface area contributed by atoms with Crippen molar-refractivity contribution in [1.82, 2.24) is 15.5 Å². The van der Waals surface area contributed by atoms with Crippen LogP contribution < -0.4 is 16.4 Å². The fraction of sp³-hybridized carbons (Fsp3) is 0.241. The molecular formula is C29H29N5O3S. The van der Waals surface area contributed by atoms with Crippen molar-refractivity contribution in [3.05, 3.63) is 88.1 Å². The Hall–Kier alpha value is -4.08. The lowest BCUT2D eigenvalue weighted by Gasteiger charge is -2.19. The number of rotatable bonds is 6. The molecule has 0 saturated carbocycles. The lowest BCUT2D eigenvalue weighted by molar-refractivity contribution is 0.0941. The number of carbonyl (C=O) groups excluding carboxylic acids is 2. The number of benzene rings is 2. The number of hydrogen-bond acceptors (Lipinski definition) is 7.